The molecule has 1 atom stereocenters. The minimum Gasteiger partial charge on any atom is -0.497 e. The minimum absolute atomic E-state index is 0.0309. The first kappa shape index (κ1) is 24.7. The van der Waals surface area contributed by atoms with Crippen LogP contribution in [0.5, 0.6) is 5.75 Å². The van der Waals surface area contributed by atoms with Crippen molar-refractivity contribution >= 4 is 31.4 Å². The summed E-state index contributed by atoms with van der Waals surface area (Å²) in [4.78, 5) is 0.163. The van der Waals surface area contributed by atoms with E-state index >= 15 is 0 Å². The summed E-state index contributed by atoms with van der Waals surface area (Å²) in [6.07, 6.45) is 0.359. The lowest BCUT2D eigenvalue weighted by atomic mass is 9.99. The average Bonchev–Trinajstić information content (AvgIpc) is 3.31. The van der Waals surface area contributed by atoms with Crippen molar-refractivity contribution in [3.05, 3.63) is 89.5 Å². The lowest BCUT2D eigenvalue weighted by Crippen LogP contribution is -2.27. The van der Waals surface area contributed by atoms with Gasteiger partial charge in [-0.15, -0.1) is 0 Å². The Balaban J connectivity index is 1.71. The Morgan fingerprint density at radius 1 is 0.943 bits per heavy atom. The Morgan fingerprint density at radius 3 is 2.14 bits per heavy atom. The Labute approximate surface area is 206 Å². The van der Waals surface area contributed by atoms with Crippen LogP contribution in [0.4, 0.5) is 5.69 Å². The fraction of sp³-hybridized carbons (Fsp3) is 0.240. The molecule has 4 rings (SSSR count). The van der Waals surface area contributed by atoms with Gasteiger partial charge in [0, 0.05) is 12.1 Å². The second kappa shape index (κ2) is 9.71. The number of nitrogens with zero attached hydrogens (tertiary/aromatic N) is 2. The summed E-state index contributed by atoms with van der Waals surface area (Å²) in [5.41, 5.74) is 3.48. The van der Waals surface area contributed by atoms with E-state index in [2.05, 4.69) is 9.82 Å². The smallest absolute Gasteiger partial charge is 0.279 e. The number of methoxy groups -OCH3 is 1. The molecule has 3 aromatic carbocycles. The second-order valence-electron chi connectivity index (χ2n) is 8.21. The maximum absolute atomic E-state index is 13.6. The fourth-order valence-electron chi connectivity index (χ4n) is 3.76. The van der Waals surface area contributed by atoms with Crippen LogP contribution in [0.15, 0.2) is 82.8 Å². The van der Waals surface area contributed by atoms with Gasteiger partial charge in [0.25, 0.3) is 10.0 Å². The molecule has 0 radical (unpaired) electrons. The highest BCUT2D eigenvalue weighted by molar-refractivity contribution is 7.92. The van der Waals surface area contributed by atoms with Crippen molar-refractivity contribution in [2.24, 2.45) is 5.10 Å². The number of hydrogen-bond donors (Lipinski definition) is 1. The largest absolute Gasteiger partial charge is 0.497 e. The van der Waals surface area contributed by atoms with Crippen LogP contribution >= 0.6 is 0 Å². The number of sulfonamides is 2. The molecule has 10 heteroatoms. The molecule has 0 spiro atoms. The Bertz CT molecular complexity index is 1430. The molecule has 8 nitrogen and oxygen atoms in total. The third-order valence-electron chi connectivity index (χ3n) is 5.81. The monoisotopic (exact) mass is 513 g/mol. The predicted molar refractivity (Wildman–Crippen MR) is 137 cm³/mol. The summed E-state index contributed by atoms with van der Waals surface area (Å²) in [7, 11) is -5.74. The maximum Gasteiger partial charge on any atom is 0.279 e. The van der Waals surface area contributed by atoms with Gasteiger partial charge in [-0.25, -0.2) is 8.42 Å². The van der Waals surface area contributed by atoms with Crippen LogP contribution < -0.4 is 9.46 Å². The van der Waals surface area contributed by atoms with Crippen molar-refractivity contribution in [3.63, 3.8) is 0 Å². The van der Waals surface area contributed by atoms with Crippen LogP contribution in [0, 0.1) is 6.92 Å². The number of ether oxygens (including phenoxy) is 1. The standard InChI is InChI=1S/C25H27N3O5S2/c1-4-34(29,30)27-21-11-7-19(8-12-21)24-17-25(20-9-13-22(33-3)14-10-20)28(26-24)35(31,32)23-15-5-18(2)6-16-23/h5-16,25,27H,4,17H2,1-3H3. The molecular weight excluding hydrogens is 486 g/mol. The van der Waals surface area contributed by atoms with E-state index in [-0.39, 0.29) is 10.6 Å². The van der Waals surface area contributed by atoms with Gasteiger partial charge in [0.15, 0.2) is 0 Å². The molecule has 0 amide bonds. The summed E-state index contributed by atoms with van der Waals surface area (Å²) in [5, 5.41) is 4.54. The molecule has 1 unspecified atom stereocenters. The van der Waals surface area contributed by atoms with Gasteiger partial charge in [-0.3, -0.25) is 4.72 Å². The first-order valence-electron chi connectivity index (χ1n) is 11.1. The molecule has 0 saturated heterocycles. The van der Waals surface area contributed by atoms with E-state index in [4.69, 9.17) is 4.74 Å². The van der Waals surface area contributed by atoms with Crippen LogP contribution in [0.25, 0.3) is 0 Å². The number of rotatable bonds is 8. The maximum atomic E-state index is 13.6. The van der Waals surface area contributed by atoms with Crippen molar-refractivity contribution in [2.75, 3.05) is 17.6 Å². The molecule has 0 fully saturated rings. The topological polar surface area (TPSA) is 105 Å². The molecule has 0 aromatic heterocycles. The van der Waals surface area contributed by atoms with E-state index < -0.39 is 26.1 Å². The molecule has 35 heavy (non-hydrogen) atoms. The van der Waals surface area contributed by atoms with Crippen molar-refractivity contribution in [1.29, 1.82) is 0 Å². The van der Waals surface area contributed by atoms with Crippen LogP contribution in [0.2, 0.25) is 0 Å². The molecule has 0 bridgehead atoms. The Morgan fingerprint density at radius 2 is 1.57 bits per heavy atom. The highest BCUT2D eigenvalue weighted by atomic mass is 32.2. The van der Waals surface area contributed by atoms with Crippen molar-refractivity contribution in [2.45, 2.75) is 31.2 Å². The molecule has 184 valence electrons. The highest BCUT2D eigenvalue weighted by Gasteiger charge is 2.37. The molecule has 0 saturated carbocycles. The molecule has 0 aliphatic carbocycles. The third-order valence-corrected chi connectivity index (χ3v) is 8.81. The summed E-state index contributed by atoms with van der Waals surface area (Å²) >= 11 is 0. The van der Waals surface area contributed by atoms with Crippen LogP contribution in [0.1, 0.15) is 36.1 Å². The van der Waals surface area contributed by atoms with Crippen LogP contribution in [-0.4, -0.2) is 39.8 Å². The number of anilines is 1. The molecule has 1 aliphatic heterocycles. The molecule has 1 N–H and O–H groups in total. The van der Waals surface area contributed by atoms with Crippen molar-refractivity contribution in [3.8, 4) is 5.75 Å². The zero-order valence-corrected chi connectivity index (χ0v) is 21.3. The molecular formula is C25H27N3O5S2. The quantitative estimate of drug-likeness (QED) is 0.483. The summed E-state index contributed by atoms with van der Waals surface area (Å²) in [6.45, 7) is 3.46. The first-order chi connectivity index (χ1) is 16.6. The van der Waals surface area contributed by atoms with E-state index in [9.17, 15) is 16.8 Å². The first-order valence-corrected chi connectivity index (χ1v) is 14.2. The molecule has 1 aliphatic rings. The van der Waals surface area contributed by atoms with Gasteiger partial charge in [-0.2, -0.15) is 17.9 Å². The van der Waals surface area contributed by atoms with Gasteiger partial charge < -0.3 is 4.74 Å². The minimum atomic E-state index is -3.92. The predicted octanol–water partition coefficient (Wildman–Crippen LogP) is 4.31. The van der Waals surface area contributed by atoms with Gasteiger partial charge in [0.05, 0.1) is 29.5 Å². The van der Waals surface area contributed by atoms with Gasteiger partial charge in [-0.05, 0) is 61.4 Å². The summed E-state index contributed by atoms with van der Waals surface area (Å²) in [5.74, 6) is 0.641. The van der Waals surface area contributed by atoms with E-state index in [0.717, 1.165) is 11.1 Å². The van der Waals surface area contributed by atoms with Gasteiger partial charge in [0.1, 0.15) is 5.75 Å². The number of benzene rings is 3. The van der Waals surface area contributed by atoms with Crippen LogP contribution in [-0.2, 0) is 20.0 Å². The third kappa shape index (κ3) is 5.33. The molecule has 3 aromatic rings. The van der Waals surface area contributed by atoms with Crippen molar-refractivity contribution < 1.29 is 21.6 Å². The second-order valence-corrected chi connectivity index (χ2v) is 12.0. The number of hydrogen-bond acceptors (Lipinski definition) is 6. The number of nitrogens with one attached hydrogen (secondary N) is 1. The van der Waals surface area contributed by atoms with E-state index in [0.29, 0.717) is 29.1 Å². The Hall–Kier alpha value is -3.37. The lowest BCUT2D eigenvalue weighted by molar-refractivity contribution is 0.370. The number of aryl methyl sites for hydroxylation is 1. The number of hydrazone groups is 1. The summed E-state index contributed by atoms with van der Waals surface area (Å²) < 4.78 is 59.8. The Kier molecular flexibility index (Phi) is 6.86. The van der Waals surface area contributed by atoms with Gasteiger partial charge in [-0.1, -0.05) is 42.0 Å². The van der Waals surface area contributed by atoms with Crippen LogP contribution in [0.3, 0.4) is 0 Å². The van der Waals surface area contributed by atoms with E-state index in [1.165, 1.54) is 4.41 Å². The van der Waals surface area contributed by atoms with E-state index in [1.807, 2.05) is 19.1 Å². The summed E-state index contributed by atoms with van der Waals surface area (Å²) in [6, 6.07) is 20.1. The zero-order chi connectivity index (χ0) is 25.2. The van der Waals surface area contributed by atoms with Gasteiger partial charge >= 0.3 is 0 Å². The average molecular weight is 514 g/mol. The highest BCUT2D eigenvalue weighted by Crippen LogP contribution is 2.37. The normalized spacial score (nSPS) is 16.1. The van der Waals surface area contributed by atoms with Crippen molar-refractivity contribution in [1.82, 2.24) is 4.41 Å². The fourth-order valence-corrected chi connectivity index (χ4v) is 5.83. The molecule has 1 heterocycles. The van der Waals surface area contributed by atoms with Gasteiger partial charge in [0.2, 0.25) is 10.0 Å². The van der Waals surface area contributed by atoms with E-state index in [1.54, 1.807) is 74.7 Å². The lowest BCUT2D eigenvalue weighted by Gasteiger charge is -2.23. The SMILES string of the molecule is CCS(=O)(=O)Nc1ccc(C2=NN(S(=O)(=O)c3ccc(C)cc3)C(c3ccc(OC)cc3)C2)cc1. The zero-order valence-electron chi connectivity index (χ0n) is 19.7.